The van der Waals surface area contributed by atoms with Gasteiger partial charge in [0.15, 0.2) is 0 Å². The highest BCUT2D eigenvalue weighted by Gasteiger charge is 2.14. The Balaban J connectivity index is 2.63. The average molecular weight is 170 g/mol. The van der Waals surface area contributed by atoms with Gasteiger partial charge in [-0.15, -0.1) is 4.91 Å². The average Bonchev–Trinajstić information content (AvgIpc) is 2.48. The molecule has 1 rings (SSSR count). The van der Waals surface area contributed by atoms with Gasteiger partial charge in [-0.2, -0.15) is 0 Å². The van der Waals surface area contributed by atoms with E-state index in [0.29, 0.717) is 5.70 Å². The van der Waals surface area contributed by atoms with E-state index in [0.717, 1.165) is 0 Å². The molecule has 0 aromatic heterocycles. The van der Waals surface area contributed by atoms with Gasteiger partial charge in [-0.05, 0) is 0 Å². The topological polar surface area (TPSA) is 106 Å². The lowest BCUT2D eigenvalue weighted by molar-refractivity contribution is -0.118. The van der Waals surface area contributed by atoms with E-state index in [4.69, 9.17) is 5.73 Å². The molecule has 0 unspecified atom stereocenters. The van der Waals surface area contributed by atoms with Crippen LogP contribution in [0.3, 0.4) is 0 Å². The summed E-state index contributed by atoms with van der Waals surface area (Å²) < 4.78 is 0. The summed E-state index contributed by atoms with van der Waals surface area (Å²) in [6, 6.07) is 0. The molecule has 0 aromatic rings. The highest BCUT2D eigenvalue weighted by Crippen LogP contribution is 2.07. The van der Waals surface area contributed by atoms with Crippen LogP contribution in [0, 0.1) is 4.91 Å². The van der Waals surface area contributed by atoms with Crippen LogP contribution in [0.25, 0.3) is 0 Å². The summed E-state index contributed by atoms with van der Waals surface area (Å²) in [5.74, 6) is -0.709. The van der Waals surface area contributed by atoms with Gasteiger partial charge in [0.2, 0.25) is 5.76 Å². The van der Waals surface area contributed by atoms with Crippen molar-refractivity contribution in [3.63, 3.8) is 0 Å². The Bertz CT molecular complexity index is 270. The minimum Gasteiger partial charge on any atom is -0.376 e. The molecule has 12 heavy (non-hydrogen) atoms. The van der Waals surface area contributed by atoms with E-state index < -0.39 is 5.91 Å². The van der Waals surface area contributed by atoms with Crippen LogP contribution in [0.15, 0.2) is 29.0 Å². The molecule has 64 valence electrons. The van der Waals surface area contributed by atoms with Gasteiger partial charge >= 0.3 is 0 Å². The highest BCUT2D eigenvalue weighted by atomic mass is 16.7. The van der Waals surface area contributed by atoms with E-state index in [9.17, 15) is 9.70 Å². The van der Waals surface area contributed by atoms with Crippen molar-refractivity contribution in [2.45, 2.75) is 0 Å². The standard InChI is InChI=1S/C5H6N4O3/c6-5(10)4-1-3(8-12-4)2-7-9-11/h1-2,8H,(H2,6,10)(H,7,11)/b3-2-. The number of nitrogens with one attached hydrogen (secondary N) is 2. The summed E-state index contributed by atoms with van der Waals surface area (Å²) in [6.45, 7) is 0. The number of nitrogens with two attached hydrogens (primary N) is 1. The minimum absolute atomic E-state index is 0.0195. The van der Waals surface area contributed by atoms with Crippen LogP contribution in [-0.4, -0.2) is 5.91 Å². The van der Waals surface area contributed by atoms with Crippen LogP contribution in [0.5, 0.6) is 0 Å². The summed E-state index contributed by atoms with van der Waals surface area (Å²) >= 11 is 0. The van der Waals surface area contributed by atoms with Crippen molar-refractivity contribution in [3.05, 3.63) is 28.6 Å². The summed E-state index contributed by atoms with van der Waals surface area (Å²) in [7, 11) is 0. The molecular weight excluding hydrogens is 164 g/mol. The maximum atomic E-state index is 10.5. The lowest BCUT2D eigenvalue weighted by Gasteiger charge is -1.96. The summed E-state index contributed by atoms with van der Waals surface area (Å²) in [4.78, 5) is 24.7. The molecule has 0 saturated heterocycles. The zero-order chi connectivity index (χ0) is 8.97. The number of amides is 1. The van der Waals surface area contributed by atoms with Crippen molar-refractivity contribution < 1.29 is 9.63 Å². The van der Waals surface area contributed by atoms with Gasteiger partial charge in [0.25, 0.3) is 5.91 Å². The number of rotatable bonds is 3. The summed E-state index contributed by atoms with van der Waals surface area (Å²) in [5.41, 5.74) is 9.62. The fourth-order valence-electron chi connectivity index (χ4n) is 0.603. The Morgan fingerprint density at radius 1 is 1.83 bits per heavy atom. The first-order valence-electron chi connectivity index (χ1n) is 2.96. The molecule has 0 aliphatic carbocycles. The van der Waals surface area contributed by atoms with Crippen molar-refractivity contribution in [1.29, 1.82) is 0 Å². The Labute approximate surface area is 67.1 Å². The maximum Gasteiger partial charge on any atom is 0.287 e. The molecule has 0 saturated carbocycles. The van der Waals surface area contributed by atoms with E-state index in [2.05, 4.69) is 15.6 Å². The molecule has 0 atom stereocenters. The van der Waals surface area contributed by atoms with Gasteiger partial charge in [-0.25, -0.2) is 10.9 Å². The van der Waals surface area contributed by atoms with Gasteiger partial charge in [0, 0.05) is 12.3 Å². The first-order chi connectivity index (χ1) is 5.74. The monoisotopic (exact) mass is 170 g/mol. The molecule has 4 N–H and O–H groups in total. The Morgan fingerprint density at radius 3 is 3.08 bits per heavy atom. The number of primary amides is 1. The number of hydroxylamine groups is 1. The molecule has 7 heteroatoms. The minimum atomic E-state index is -0.690. The van der Waals surface area contributed by atoms with Crippen molar-refractivity contribution >= 4 is 5.91 Å². The molecule has 1 aliphatic heterocycles. The fraction of sp³-hybridized carbons (Fsp3) is 0. The van der Waals surface area contributed by atoms with E-state index in [1.54, 1.807) is 0 Å². The lowest BCUT2D eigenvalue weighted by Crippen LogP contribution is -2.16. The summed E-state index contributed by atoms with van der Waals surface area (Å²) in [6.07, 6.45) is 2.56. The van der Waals surface area contributed by atoms with Crippen LogP contribution in [0.2, 0.25) is 0 Å². The molecule has 1 amide bonds. The number of allylic oxidation sites excluding steroid dienone is 1. The normalized spacial score (nSPS) is 17.7. The van der Waals surface area contributed by atoms with Crippen LogP contribution >= 0.6 is 0 Å². The van der Waals surface area contributed by atoms with E-state index in [1.807, 2.05) is 5.43 Å². The quantitative estimate of drug-likeness (QED) is 0.372. The molecule has 1 heterocycles. The largest absolute Gasteiger partial charge is 0.376 e. The van der Waals surface area contributed by atoms with Crippen molar-refractivity contribution in [2.75, 3.05) is 0 Å². The number of nitrogens with zero attached hydrogens (tertiary/aromatic N) is 1. The highest BCUT2D eigenvalue weighted by molar-refractivity contribution is 5.90. The Morgan fingerprint density at radius 2 is 2.58 bits per heavy atom. The number of carbonyl (C=O) groups is 1. The van der Waals surface area contributed by atoms with E-state index >= 15 is 0 Å². The van der Waals surface area contributed by atoms with Crippen molar-refractivity contribution in [2.24, 2.45) is 11.0 Å². The summed E-state index contributed by atoms with van der Waals surface area (Å²) in [5, 5.41) is 2.35. The predicted octanol–water partition coefficient (Wildman–Crippen LogP) is -0.997. The first kappa shape index (κ1) is 8.05. The van der Waals surface area contributed by atoms with Gasteiger partial charge in [-0.1, -0.05) is 0 Å². The predicted molar refractivity (Wildman–Crippen MR) is 38.5 cm³/mol. The number of nitroso groups, excluding NO2 is 1. The third-order valence-electron chi connectivity index (χ3n) is 1.08. The van der Waals surface area contributed by atoms with Crippen LogP contribution in [0.4, 0.5) is 0 Å². The second kappa shape index (κ2) is 3.37. The Hall–Kier alpha value is -2.05. The zero-order valence-electron chi connectivity index (χ0n) is 5.90. The molecule has 0 bridgehead atoms. The molecule has 0 aromatic carbocycles. The van der Waals surface area contributed by atoms with Crippen LogP contribution in [0.1, 0.15) is 0 Å². The van der Waals surface area contributed by atoms with Gasteiger partial charge in [0.1, 0.15) is 0 Å². The molecule has 1 aliphatic rings. The number of carbonyl (C=O) groups excluding carboxylic acids is 1. The van der Waals surface area contributed by atoms with Crippen molar-refractivity contribution in [3.8, 4) is 0 Å². The first-order valence-corrected chi connectivity index (χ1v) is 2.96. The SMILES string of the molecule is NC(=O)C1=C/C(=C/NN=O)NO1. The zero-order valence-corrected chi connectivity index (χ0v) is 5.90. The second-order valence-corrected chi connectivity index (χ2v) is 1.90. The van der Waals surface area contributed by atoms with Crippen molar-refractivity contribution in [1.82, 2.24) is 10.9 Å². The lowest BCUT2D eigenvalue weighted by atomic mass is 10.4. The van der Waals surface area contributed by atoms with E-state index in [-0.39, 0.29) is 5.76 Å². The third-order valence-corrected chi connectivity index (χ3v) is 1.08. The van der Waals surface area contributed by atoms with Crippen LogP contribution < -0.4 is 16.6 Å². The maximum absolute atomic E-state index is 10.5. The molecular formula is C5H6N4O3. The van der Waals surface area contributed by atoms with E-state index in [1.165, 1.54) is 12.3 Å². The second-order valence-electron chi connectivity index (χ2n) is 1.90. The molecule has 7 nitrogen and oxygen atoms in total. The van der Waals surface area contributed by atoms with Gasteiger partial charge in [-0.3, -0.25) is 4.79 Å². The molecule has 0 spiro atoms. The smallest absolute Gasteiger partial charge is 0.287 e. The Kier molecular flexibility index (Phi) is 2.26. The van der Waals surface area contributed by atoms with Gasteiger partial charge < -0.3 is 10.6 Å². The molecule has 0 fully saturated rings. The van der Waals surface area contributed by atoms with Crippen LogP contribution in [-0.2, 0) is 9.63 Å². The number of hydrogen-bond acceptors (Lipinski definition) is 5. The van der Waals surface area contributed by atoms with Gasteiger partial charge in [0.05, 0.1) is 11.0 Å². The number of hydrogen-bond donors (Lipinski definition) is 3. The third kappa shape index (κ3) is 1.72. The molecule has 0 radical (unpaired) electrons. The fourth-order valence-corrected chi connectivity index (χ4v) is 0.603.